The fourth-order valence-electron chi connectivity index (χ4n) is 3.97. The van der Waals surface area contributed by atoms with E-state index in [1.807, 2.05) is 24.3 Å². The molecule has 0 bridgehead atoms. The number of hydrogen-bond acceptors (Lipinski definition) is 5. The summed E-state index contributed by atoms with van der Waals surface area (Å²) in [7, 11) is 0. The minimum absolute atomic E-state index is 0.0594. The van der Waals surface area contributed by atoms with Crippen molar-refractivity contribution >= 4 is 34.9 Å². The zero-order valence-corrected chi connectivity index (χ0v) is 18.2. The summed E-state index contributed by atoms with van der Waals surface area (Å²) in [5.41, 5.74) is 4.16. The molecule has 2 aromatic rings. The van der Waals surface area contributed by atoms with Crippen LogP contribution in [0.2, 0.25) is 0 Å². The normalized spacial score (nSPS) is 19.2. The number of carbonyl (C=O) groups excluding carboxylic acids is 3. The van der Waals surface area contributed by atoms with Gasteiger partial charge in [0.2, 0.25) is 11.8 Å². The number of amides is 4. The van der Waals surface area contributed by atoms with Gasteiger partial charge >= 0.3 is 6.03 Å². The first kappa shape index (κ1) is 21.7. The summed E-state index contributed by atoms with van der Waals surface area (Å²) in [6, 6.07) is 14.8. The van der Waals surface area contributed by atoms with Crippen molar-refractivity contribution in [1.82, 2.24) is 16.0 Å². The van der Waals surface area contributed by atoms with Gasteiger partial charge in [0.15, 0.2) is 0 Å². The highest BCUT2D eigenvalue weighted by atomic mass is 16.2. The Kier molecular flexibility index (Phi) is 6.58. The Bertz CT molecular complexity index is 950. The molecule has 2 heterocycles. The highest BCUT2D eigenvalue weighted by Crippen LogP contribution is 2.25. The molecule has 2 aliphatic heterocycles. The van der Waals surface area contributed by atoms with E-state index in [1.54, 1.807) is 0 Å². The summed E-state index contributed by atoms with van der Waals surface area (Å²) in [5.74, 6) is -0.0142. The number of anilines is 3. The molecule has 4 rings (SSSR count). The number of carbonyl (C=O) groups is 3. The Balaban J connectivity index is 1.27. The third kappa shape index (κ3) is 5.57. The molecule has 168 valence electrons. The van der Waals surface area contributed by atoms with Crippen molar-refractivity contribution in [2.75, 3.05) is 23.3 Å². The number of benzene rings is 2. The van der Waals surface area contributed by atoms with E-state index < -0.39 is 18.0 Å². The van der Waals surface area contributed by atoms with Crippen LogP contribution < -0.4 is 26.2 Å². The van der Waals surface area contributed by atoms with Gasteiger partial charge in [0.05, 0.1) is 6.42 Å². The van der Waals surface area contributed by atoms with Crippen LogP contribution in [0.1, 0.15) is 31.7 Å². The summed E-state index contributed by atoms with van der Waals surface area (Å²) in [4.78, 5) is 37.4. The molecule has 0 aliphatic carbocycles. The van der Waals surface area contributed by atoms with Gasteiger partial charge in [-0.2, -0.15) is 0 Å². The molecular formula is C24H29N5O3. The van der Waals surface area contributed by atoms with Gasteiger partial charge < -0.3 is 20.9 Å². The largest absolute Gasteiger partial charge is 0.372 e. The molecule has 0 radical (unpaired) electrons. The summed E-state index contributed by atoms with van der Waals surface area (Å²) in [6.07, 6.45) is 2.44. The minimum Gasteiger partial charge on any atom is -0.372 e. The van der Waals surface area contributed by atoms with Gasteiger partial charge in [-0.1, -0.05) is 19.1 Å². The maximum absolute atomic E-state index is 12.2. The van der Waals surface area contributed by atoms with E-state index in [9.17, 15) is 14.4 Å². The predicted octanol–water partition coefficient (Wildman–Crippen LogP) is 2.88. The second-order valence-corrected chi connectivity index (χ2v) is 8.53. The fraction of sp³-hybridized carbons (Fsp3) is 0.375. The third-order valence-electron chi connectivity index (χ3n) is 5.99. The van der Waals surface area contributed by atoms with Gasteiger partial charge in [-0.25, -0.2) is 4.79 Å². The molecule has 4 amide bonds. The van der Waals surface area contributed by atoms with Crippen LogP contribution in [-0.2, 0) is 16.1 Å². The van der Waals surface area contributed by atoms with Gasteiger partial charge in [0, 0.05) is 36.7 Å². The zero-order valence-electron chi connectivity index (χ0n) is 18.2. The highest BCUT2D eigenvalue weighted by Gasteiger charge is 2.29. The first-order valence-electron chi connectivity index (χ1n) is 11.1. The van der Waals surface area contributed by atoms with Crippen LogP contribution in [0.5, 0.6) is 0 Å². The molecule has 0 saturated carbocycles. The molecular weight excluding hydrogens is 406 g/mol. The van der Waals surface area contributed by atoms with Gasteiger partial charge in [-0.3, -0.25) is 14.9 Å². The Morgan fingerprint density at radius 2 is 1.62 bits per heavy atom. The lowest BCUT2D eigenvalue weighted by Crippen LogP contribution is -2.57. The predicted molar refractivity (Wildman–Crippen MR) is 124 cm³/mol. The van der Waals surface area contributed by atoms with Crippen molar-refractivity contribution in [3.05, 3.63) is 54.1 Å². The summed E-state index contributed by atoms with van der Waals surface area (Å²) < 4.78 is 0. The highest BCUT2D eigenvalue weighted by molar-refractivity contribution is 6.02. The van der Waals surface area contributed by atoms with E-state index in [0.717, 1.165) is 35.9 Å². The summed E-state index contributed by atoms with van der Waals surface area (Å²) in [5, 5.41) is 10.7. The third-order valence-corrected chi connectivity index (χ3v) is 5.99. The van der Waals surface area contributed by atoms with Crippen molar-refractivity contribution < 1.29 is 14.4 Å². The maximum Gasteiger partial charge on any atom is 0.322 e. The summed E-state index contributed by atoms with van der Waals surface area (Å²) in [6.45, 7) is 4.87. The maximum atomic E-state index is 12.2. The van der Waals surface area contributed by atoms with Crippen molar-refractivity contribution in [2.45, 2.75) is 38.8 Å². The molecule has 8 nitrogen and oxygen atoms in total. The number of imide groups is 1. The van der Waals surface area contributed by atoms with Gasteiger partial charge in [-0.05, 0) is 60.7 Å². The molecule has 4 N–H and O–H groups in total. The van der Waals surface area contributed by atoms with E-state index >= 15 is 0 Å². The van der Waals surface area contributed by atoms with Crippen molar-refractivity contribution in [2.24, 2.45) is 5.92 Å². The molecule has 32 heavy (non-hydrogen) atoms. The monoisotopic (exact) mass is 435 g/mol. The first-order valence-corrected chi connectivity index (χ1v) is 11.1. The van der Waals surface area contributed by atoms with Crippen molar-refractivity contribution in [3.8, 4) is 0 Å². The van der Waals surface area contributed by atoms with Crippen molar-refractivity contribution in [3.63, 3.8) is 0 Å². The van der Waals surface area contributed by atoms with Crippen molar-refractivity contribution in [1.29, 1.82) is 0 Å². The molecule has 0 aromatic heterocycles. The number of piperidine rings is 1. The van der Waals surface area contributed by atoms with Gasteiger partial charge in [0.25, 0.3) is 0 Å². The number of rotatable bonds is 6. The van der Waals surface area contributed by atoms with E-state index in [-0.39, 0.29) is 12.3 Å². The minimum atomic E-state index is -0.839. The summed E-state index contributed by atoms with van der Waals surface area (Å²) >= 11 is 0. The topological polar surface area (TPSA) is 103 Å². The van der Waals surface area contributed by atoms with Crippen LogP contribution in [0.3, 0.4) is 0 Å². The molecule has 1 atom stereocenters. The average Bonchev–Trinajstić information content (AvgIpc) is 2.79. The van der Waals surface area contributed by atoms with Crippen LogP contribution in [-0.4, -0.2) is 37.0 Å². The smallest absolute Gasteiger partial charge is 0.322 e. The van der Waals surface area contributed by atoms with E-state index in [0.29, 0.717) is 6.54 Å². The fourth-order valence-corrected chi connectivity index (χ4v) is 3.97. The van der Waals surface area contributed by atoms with Crippen LogP contribution in [0.15, 0.2) is 48.5 Å². The number of nitrogens with one attached hydrogen (secondary N) is 4. The standard InChI is InChI=1S/C24H29N5O3/c1-16-10-12-29(13-11-16)20-8-6-19(7-9-20)26-18-4-2-17(3-5-18)15-25-23(31)21-14-22(30)28-24(32)27-21/h2-9,16,21,26H,10-15H2,1H3,(H,25,31)(H2,27,28,30,32)/t21-/m0/s1. The zero-order chi connectivity index (χ0) is 22.5. The molecule has 2 aliphatic rings. The molecule has 8 heteroatoms. The lowest BCUT2D eigenvalue weighted by atomic mass is 9.99. The van der Waals surface area contributed by atoms with Crippen LogP contribution in [0, 0.1) is 5.92 Å². The van der Waals surface area contributed by atoms with E-state index in [1.165, 1.54) is 18.5 Å². The van der Waals surface area contributed by atoms with E-state index in [2.05, 4.69) is 57.4 Å². The molecule has 0 spiro atoms. The SMILES string of the molecule is CC1CCN(c2ccc(Nc3ccc(CNC(=O)[C@@H]4CC(=O)NC(=O)N4)cc3)cc2)CC1. The van der Waals surface area contributed by atoms with Crippen LogP contribution >= 0.6 is 0 Å². The number of urea groups is 1. The Labute approximate surface area is 187 Å². The lowest BCUT2D eigenvalue weighted by molar-refractivity contribution is -0.128. The second kappa shape index (κ2) is 9.72. The lowest BCUT2D eigenvalue weighted by Gasteiger charge is -2.32. The molecule has 2 fully saturated rings. The molecule has 2 saturated heterocycles. The van der Waals surface area contributed by atoms with Crippen LogP contribution in [0.25, 0.3) is 0 Å². The Morgan fingerprint density at radius 1 is 1.00 bits per heavy atom. The molecule has 2 aromatic carbocycles. The Hall–Kier alpha value is -3.55. The van der Waals surface area contributed by atoms with E-state index in [4.69, 9.17) is 0 Å². The number of nitrogens with zero attached hydrogens (tertiary/aromatic N) is 1. The van der Waals surface area contributed by atoms with Crippen LogP contribution in [0.4, 0.5) is 21.9 Å². The average molecular weight is 436 g/mol. The second-order valence-electron chi connectivity index (χ2n) is 8.53. The quantitative estimate of drug-likeness (QED) is 0.559. The number of hydrogen-bond donors (Lipinski definition) is 4. The molecule has 0 unspecified atom stereocenters. The Morgan fingerprint density at radius 3 is 2.25 bits per heavy atom. The first-order chi connectivity index (χ1) is 15.5. The van der Waals surface area contributed by atoms with Gasteiger partial charge in [0.1, 0.15) is 6.04 Å². The van der Waals surface area contributed by atoms with Gasteiger partial charge in [-0.15, -0.1) is 0 Å².